The average molecular weight is 365 g/mol. The van der Waals surface area contributed by atoms with E-state index in [1.807, 2.05) is 61.2 Å². The Hall–Kier alpha value is -2.66. The van der Waals surface area contributed by atoms with Crippen molar-refractivity contribution in [3.63, 3.8) is 0 Å². The molecule has 0 aliphatic carbocycles. The number of carbonyl (C=O) groups is 2. The molecular formula is C22H27N3O2. The predicted octanol–water partition coefficient (Wildman–Crippen LogP) is 3.13. The maximum absolute atomic E-state index is 12.8. The number of nitrogens with two attached hydrogens (primary N) is 1. The van der Waals surface area contributed by atoms with E-state index in [2.05, 4.69) is 11.4 Å². The minimum absolute atomic E-state index is 0.0984. The maximum Gasteiger partial charge on any atom is 0.231 e. The van der Waals surface area contributed by atoms with Crippen LogP contribution in [0.4, 0.5) is 11.4 Å². The van der Waals surface area contributed by atoms with Crippen LogP contribution in [0.2, 0.25) is 0 Å². The Balaban J connectivity index is 1.64. The molecule has 0 aromatic heterocycles. The number of para-hydroxylation sites is 1. The molecular weight excluding hydrogens is 338 g/mol. The second-order valence-electron chi connectivity index (χ2n) is 7.29. The van der Waals surface area contributed by atoms with Gasteiger partial charge in [-0.15, -0.1) is 0 Å². The molecule has 0 spiro atoms. The van der Waals surface area contributed by atoms with Gasteiger partial charge in [-0.3, -0.25) is 9.59 Å². The molecule has 2 aromatic carbocycles. The lowest BCUT2D eigenvalue weighted by molar-refractivity contribution is -0.120. The first-order valence-corrected chi connectivity index (χ1v) is 9.49. The lowest BCUT2D eigenvalue weighted by Gasteiger charge is -2.29. The minimum Gasteiger partial charge on any atom is -0.327 e. The molecule has 3 rings (SSSR count). The number of aryl methyl sites for hydroxylation is 1. The zero-order valence-corrected chi connectivity index (χ0v) is 15.9. The molecule has 2 amide bonds. The second kappa shape index (κ2) is 8.35. The van der Waals surface area contributed by atoms with Crippen LogP contribution in [0.1, 0.15) is 31.4 Å². The van der Waals surface area contributed by atoms with Crippen LogP contribution >= 0.6 is 0 Å². The first kappa shape index (κ1) is 19.1. The van der Waals surface area contributed by atoms with E-state index in [0.717, 1.165) is 30.6 Å². The second-order valence-corrected chi connectivity index (χ2v) is 7.29. The van der Waals surface area contributed by atoms with Crippen LogP contribution in [0, 0.1) is 5.92 Å². The van der Waals surface area contributed by atoms with Crippen LogP contribution < -0.4 is 16.0 Å². The van der Waals surface area contributed by atoms with Gasteiger partial charge in [-0.1, -0.05) is 37.3 Å². The third-order valence-electron chi connectivity index (χ3n) is 5.19. The van der Waals surface area contributed by atoms with E-state index >= 15 is 0 Å². The van der Waals surface area contributed by atoms with Crippen molar-refractivity contribution in [3.8, 4) is 0 Å². The first-order chi connectivity index (χ1) is 13.0. The molecule has 0 bridgehead atoms. The highest BCUT2D eigenvalue weighted by Crippen LogP contribution is 2.27. The molecule has 5 nitrogen and oxygen atoms in total. The zero-order valence-electron chi connectivity index (χ0n) is 15.9. The van der Waals surface area contributed by atoms with Gasteiger partial charge in [0, 0.05) is 24.0 Å². The van der Waals surface area contributed by atoms with Gasteiger partial charge in [0.2, 0.25) is 11.8 Å². The highest BCUT2D eigenvalue weighted by molar-refractivity contribution is 5.96. The first-order valence-electron chi connectivity index (χ1n) is 9.49. The average Bonchev–Trinajstić information content (AvgIpc) is 2.68. The van der Waals surface area contributed by atoms with E-state index < -0.39 is 0 Å². The molecule has 1 aliphatic rings. The van der Waals surface area contributed by atoms with Crippen molar-refractivity contribution in [2.75, 3.05) is 16.8 Å². The fourth-order valence-corrected chi connectivity index (χ4v) is 3.26. The summed E-state index contributed by atoms with van der Waals surface area (Å²) < 4.78 is 0. The Morgan fingerprint density at radius 3 is 2.52 bits per heavy atom. The highest BCUT2D eigenvalue weighted by Gasteiger charge is 2.22. The third kappa shape index (κ3) is 4.55. The van der Waals surface area contributed by atoms with Crippen LogP contribution in [0.5, 0.6) is 0 Å². The standard InChI is InChI=1S/C22H27N3O2/c1-15(16(2)23)22(27)24-19-11-9-17(10-12-19)14-21(26)25-13-5-7-18-6-3-4-8-20(18)25/h3-4,6,8-12,15-16H,5,7,13-14,23H2,1-2H3,(H,24,27). The summed E-state index contributed by atoms with van der Waals surface area (Å²) in [4.78, 5) is 26.8. The monoisotopic (exact) mass is 365 g/mol. The summed E-state index contributed by atoms with van der Waals surface area (Å²) in [5.41, 5.74) is 9.68. The number of carbonyl (C=O) groups excluding carboxylic acids is 2. The number of rotatable bonds is 5. The summed E-state index contributed by atoms with van der Waals surface area (Å²) in [6.45, 7) is 4.39. The Kier molecular flexibility index (Phi) is 5.91. The van der Waals surface area contributed by atoms with Gasteiger partial charge in [-0.05, 0) is 49.1 Å². The SMILES string of the molecule is CC(N)C(C)C(=O)Nc1ccc(CC(=O)N2CCCc3ccccc32)cc1. The van der Waals surface area contributed by atoms with Crippen LogP contribution in [0.3, 0.4) is 0 Å². The quantitative estimate of drug-likeness (QED) is 0.855. The maximum atomic E-state index is 12.8. The van der Waals surface area contributed by atoms with Crippen LogP contribution in [-0.4, -0.2) is 24.4 Å². The van der Waals surface area contributed by atoms with Crippen LogP contribution in [-0.2, 0) is 22.4 Å². The molecule has 2 aromatic rings. The van der Waals surface area contributed by atoms with E-state index in [-0.39, 0.29) is 23.8 Å². The largest absolute Gasteiger partial charge is 0.327 e. The van der Waals surface area contributed by atoms with E-state index in [0.29, 0.717) is 12.1 Å². The van der Waals surface area contributed by atoms with Crippen molar-refractivity contribution in [1.29, 1.82) is 0 Å². The van der Waals surface area contributed by atoms with Gasteiger partial charge in [-0.2, -0.15) is 0 Å². The summed E-state index contributed by atoms with van der Waals surface area (Å²) in [5.74, 6) is -0.256. The molecule has 1 aliphatic heterocycles. The smallest absolute Gasteiger partial charge is 0.231 e. The highest BCUT2D eigenvalue weighted by atomic mass is 16.2. The summed E-state index contributed by atoms with van der Waals surface area (Å²) in [7, 11) is 0. The number of anilines is 2. The van der Waals surface area contributed by atoms with Gasteiger partial charge in [-0.25, -0.2) is 0 Å². The summed E-state index contributed by atoms with van der Waals surface area (Å²) in [6.07, 6.45) is 2.36. The van der Waals surface area contributed by atoms with Gasteiger partial charge in [0.05, 0.1) is 12.3 Å². The lowest BCUT2D eigenvalue weighted by atomic mass is 10.0. The molecule has 27 heavy (non-hydrogen) atoms. The van der Waals surface area contributed by atoms with E-state index in [1.165, 1.54) is 5.56 Å². The van der Waals surface area contributed by atoms with Gasteiger partial charge in [0.15, 0.2) is 0 Å². The fraction of sp³-hybridized carbons (Fsp3) is 0.364. The third-order valence-corrected chi connectivity index (χ3v) is 5.19. The Morgan fingerprint density at radius 1 is 1.11 bits per heavy atom. The van der Waals surface area contributed by atoms with Crippen molar-refractivity contribution in [2.45, 2.75) is 39.2 Å². The molecule has 3 N–H and O–H groups in total. The Bertz CT molecular complexity index is 815. The van der Waals surface area contributed by atoms with Crippen molar-refractivity contribution in [1.82, 2.24) is 0 Å². The van der Waals surface area contributed by atoms with Crippen molar-refractivity contribution < 1.29 is 9.59 Å². The van der Waals surface area contributed by atoms with Gasteiger partial charge >= 0.3 is 0 Å². The van der Waals surface area contributed by atoms with Crippen molar-refractivity contribution >= 4 is 23.2 Å². The van der Waals surface area contributed by atoms with Crippen LogP contribution in [0.15, 0.2) is 48.5 Å². The minimum atomic E-state index is -0.259. The molecule has 1 heterocycles. The molecule has 142 valence electrons. The number of nitrogens with zero attached hydrogens (tertiary/aromatic N) is 1. The zero-order chi connectivity index (χ0) is 19.4. The van der Waals surface area contributed by atoms with Crippen molar-refractivity contribution in [2.24, 2.45) is 11.7 Å². The molecule has 2 unspecified atom stereocenters. The number of amides is 2. The normalized spacial score (nSPS) is 15.6. The number of hydrogen-bond donors (Lipinski definition) is 2. The number of benzene rings is 2. The lowest BCUT2D eigenvalue weighted by Crippen LogP contribution is -2.36. The van der Waals surface area contributed by atoms with Crippen LogP contribution in [0.25, 0.3) is 0 Å². The van der Waals surface area contributed by atoms with Crippen molar-refractivity contribution in [3.05, 3.63) is 59.7 Å². The summed E-state index contributed by atoms with van der Waals surface area (Å²) in [5, 5.41) is 2.87. The van der Waals surface area contributed by atoms with E-state index in [9.17, 15) is 9.59 Å². The molecule has 0 saturated carbocycles. The molecule has 0 saturated heterocycles. The topological polar surface area (TPSA) is 75.4 Å². The van der Waals surface area contributed by atoms with Gasteiger partial charge < -0.3 is 16.0 Å². The molecule has 5 heteroatoms. The Morgan fingerprint density at radius 2 is 1.81 bits per heavy atom. The van der Waals surface area contributed by atoms with E-state index in [1.54, 1.807) is 0 Å². The van der Waals surface area contributed by atoms with Gasteiger partial charge in [0.1, 0.15) is 0 Å². The molecule has 0 fully saturated rings. The number of nitrogens with one attached hydrogen (secondary N) is 1. The van der Waals surface area contributed by atoms with Gasteiger partial charge in [0.25, 0.3) is 0 Å². The molecule has 0 radical (unpaired) electrons. The summed E-state index contributed by atoms with van der Waals surface area (Å²) in [6, 6.07) is 15.4. The van der Waals surface area contributed by atoms with E-state index in [4.69, 9.17) is 5.73 Å². The number of hydrogen-bond acceptors (Lipinski definition) is 3. The Labute approximate surface area is 160 Å². The fourth-order valence-electron chi connectivity index (χ4n) is 3.26. The number of fused-ring (bicyclic) bond motifs is 1. The summed E-state index contributed by atoms with van der Waals surface area (Å²) >= 11 is 0. The molecule has 2 atom stereocenters. The predicted molar refractivity (Wildman–Crippen MR) is 109 cm³/mol.